The minimum Gasteiger partial charge on any atom is -0.491 e. The van der Waals surface area contributed by atoms with E-state index in [0.29, 0.717) is 42.8 Å². The van der Waals surface area contributed by atoms with E-state index in [9.17, 15) is 8.42 Å². The number of anilines is 1. The van der Waals surface area contributed by atoms with Crippen LogP contribution in [0.3, 0.4) is 0 Å². The molecule has 0 amide bonds. The van der Waals surface area contributed by atoms with Gasteiger partial charge in [0.15, 0.2) is 11.5 Å². The van der Waals surface area contributed by atoms with Gasteiger partial charge in [0.05, 0.1) is 17.2 Å². The van der Waals surface area contributed by atoms with Crippen LogP contribution in [0.2, 0.25) is 0 Å². The van der Waals surface area contributed by atoms with Gasteiger partial charge in [0, 0.05) is 6.07 Å². The number of nitrogens with one attached hydrogen (secondary N) is 1. The normalized spacial score (nSPS) is 16.0. The van der Waals surface area contributed by atoms with Crippen LogP contribution in [-0.2, 0) is 16.4 Å². The molecule has 0 atom stereocenters. The Bertz CT molecular complexity index is 879. The van der Waals surface area contributed by atoms with Gasteiger partial charge in [0.2, 0.25) is 0 Å². The molecule has 0 aliphatic carbocycles. The van der Waals surface area contributed by atoms with E-state index >= 15 is 0 Å². The molecular weight excluding hydrogens is 330 g/mol. The fourth-order valence-corrected chi connectivity index (χ4v) is 3.94. The quantitative estimate of drug-likeness (QED) is 0.924. The molecule has 1 N–H and O–H groups in total. The number of ether oxygens (including phenoxy) is 3. The van der Waals surface area contributed by atoms with Gasteiger partial charge >= 0.3 is 0 Å². The van der Waals surface area contributed by atoms with Crippen LogP contribution >= 0.6 is 0 Å². The molecule has 2 aliphatic rings. The fraction of sp³-hybridized carbons (Fsp3) is 0.294. The van der Waals surface area contributed by atoms with E-state index < -0.39 is 10.0 Å². The highest BCUT2D eigenvalue weighted by atomic mass is 32.2. The summed E-state index contributed by atoms with van der Waals surface area (Å²) in [6.45, 7) is 1.46. The first-order chi connectivity index (χ1) is 11.6. The third kappa shape index (κ3) is 2.75. The van der Waals surface area contributed by atoms with Crippen molar-refractivity contribution in [3.63, 3.8) is 0 Å². The molecule has 0 saturated heterocycles. The number of fused-ring (bicyclic) bond motifs is 2. The second-order valence-electron chi connectivity index (χ2n) is 5.66. The maximum atomic E-state index is 12.7. The smallest absolute Gasteiger partial charge is 0.262 e. The van der Waals surface area contributed by atoms with Crippen molar-refractivity contribution in [2.24, 2.45) is 0 Å². The zero-order chi connectivity index (χ0) is 16.6. The van der Waals surface area contributed by atoms with Gasteiger partial charge in [0.25, 0.3) is 10.0 Å². The van der Waals surface area contributed by atoms with Crippen molar-refractivity contribution in [2.45, 2.75) is 17.7 Å². The second-order valence-corrected chi connectivity index (χ2v) is 7.34. The predicted octanol–water partition coefficient (Wildman–Crippen LogP) is 2.58. The number of hydrogen-bond donors (Lipinski definition) is 1. The van der Waals surface area contributed by atoms with E-state index in [1.54, 1.807) is 12.1 Å². The Labute approximate surface area is 140 Å². The fourth-order valence-electron chi connectivity index (χ4n) is 2.86. The predicted molar refractivity (Wildman–Crippen MR) is 88.5 cm³/mol. The number of benzene rings is 2. The molecule has 0 fully saturated rings. The van der Waals surface area contributed by atoms with Crippen LogP contribution in [-0.4, -0.2) is 28.2 Å². The van der Waals surface area contributed by atoms with E-state index in [2.05, 4.69) is 4.72 Å². The van der Waals surface area contributed by atoms with Crippen molar-refractivity contribution < 1.29 is 22.6 Å². The summed E-state index contributed by atoms with van der Waals surface area (Å²) in [7, 11) is -3.75. The first-order valence-electron chi connectivity index (χ1n) is 7.81. The number of hydrogen-bond acceptors (Lipinski definition) is 5. The van der Waals surface area contributed by atoms with Crippen molar-refractivity contribution in [3.8, 4) is 17.2 Å². The van der Waals surface area contributed by atoms with Crippen molar-refractivity contribution >= 4 is 15.7 Å². The Morgan fingerprint density at radius 1 is 0.917 bits per heavy atom. The molecule has 0 spiro atoms. The highest BCUT2D eigenvalue weighted by molar-refractivity contribution is 7.92. The van der Waals surface area contributed by atoms with Crippen LogP contribution < -0.4 is 18.9 Å². The zero-order valence-corrected chi connectivity index (χ0v) is 13.8. The van der Waals surface area contributed by atoms with Gasteiger partial charge < -0.3 is 14.2 Å². The molecule has 2 aromatic carbocycles. The van der Waals surface area contributed by atoms with Gasteiger partial charge in [-0.2, -0.15) is 0 Å². The average molecular weight is 347 g/mol. The van der Waals surface area contributed by atoms with Crippen LogP contribution in [0, 0.1) is 0 Å². The molecule has 0 radical (unpaired) electrons. The maximum Gasteiger partial charge on any atom is 0.262 e. The van der Waals surface area contributed by atoms with E-state index in [4.69, 9.17) is 14.2 Å². The average Bonchev–Trinajstić information content (AvgIpc) is 2.61. The summed E-state index contributed by atoms with van der Waals surface area (Å²) in [5.74, 6) is 1.61. The van der Waals surface area contributed by atoms with Crippen LogP contribution in [0.25, 0.3) is 0 Å². The molecule has 0 unspecified atom stereocenters. The monoisotopic (exact) mass is 347 g/mol. The lowest BCUT2D eigenvalue weighted by Gasteiger charge is -2.21. The van der Waals surface area contributed by atoms with Crippen LogP contribution in [0.15, 0.2) is 41.3 Å². The molecule has 6 nitrogen and oxygen atoms in total. The Hall–Kier alpha value is -2.41. The van der Waals surface area contributed by atoms with Crippen LogP contribution in [0.4, 0.5) is 5.69 Å². The molecule has 24 heavy (non-hydrogen) atoms. The van der Waals surface area contributed by atoms with Crippen molar-refractivity contribution in [3.05, 3.63) is 42.0 Å². The molecule has 0 bridgehead atoms. The summed E-state index contributed by atoms with van der Waals surface area (Å²) >= 11 is 0. The lowest BCUT2D eigenvalue weighted by molar-refractivity contribution is 0.171. The molecule has 7 heteroatoms. The molecule has 2 heterocycles. The summed E-state index contributed by atoms with van der Waals surface area (Å²) in [5.41, 5.74) is 1.48. The first-order valence-corrected chi connectivity index (χ1v) is 9.29. The molecule has 2 aliphatic heterocycles. The highest BCUT2D eigenvalue weighted by Gasteiger charge is 2.22. The van der Waals surface area contributed by atoms with Crippen molar-refractivity contribution in [1.82, 2.24) is 0 Å². The summed E-state index contributed by atoms with van der Waals surface area (Å²) in [6.07, 6.45) is 1.82. The SMILES string of the molecule is O=S(=O)(Nc1cccc2c1OCCC2)c1ccc2c(c1)OCCO2. The minimum absolute atomic E-state index is 0.125. The molecule has 2 aromatic rings. The second kappa shape index (κ2) is 5.90. The molecule has 0 saturated carbocycles. The van der Waals surface area contributed by atoms with Crippen molar-refractivity contribution in [1.29, 1.82) is 0 Å². The van der Waals surface area contributed by atoms with Gasteiger partial charge in [-0.15, -0.1) is 0 Å². The summed E-state index contributed by atoms with van der Waals surface area (Å²) in [4.78, 5) is 0.125. The molecule has 4 rings (SSSR count). The summed E-state index contributed by atoms with van der Waals surface area (Å²) in [5, 5.41) is 0. The third-order valence-electron chi connectivity index (χ3n) is 4.00. The standard InChI is InChI=1S/C17H17NO5S/c19-24(20,13-6-7-15-16(11-13)22-10-9-21-15)18-14-5-1-3-12-4-2-8-23-17(12)14/h1,3,5-7,11,18H,2,4,8-10H2. The molecular formula is C17H17NO5S. The topological polar surface area (TPSA) is 73.9 Å². The first kappa shape index (κ1) is 15.1. The number of para-hydroxylation sites is 1. The zero-order valence-electron chi connectivity index (χ0n) is 12.9. The number of rotatable bonds is 3. The summed E-state index contributed by atoms with van der Waals surface area (Å²) in [6, 6.07) is 10.1. The lowest BCUT2D eigenvalue weighted by Crippen LogP contribution is -2.18. The Balaban J connectivity index is 1.67. The lowest BCUT2D eigenvalue weighted by atomic mass is 10.1. The van der Waals surface area contributed by atoms with Gasteiger partial charge in [-0.1, -0.05) is 12.1 Å². The van der Waals surface area contributed by atoms with Gasteiger partial charge in [-0.05, 0) is 36.6 Å². The Morgan fingerprint density at radius 2 is 1.75 bits per heavy atom. The highest BCUT2D eigenvalue weighted by Crippen LogP contribution is 2.36. The van der Waals surface area contributed by atoms with Crippen LogP contribution in [0.1, 0.15) is 12.0 Å². The molecule has 126 valence electrons. The van der Waals surface area contributed by atoms with Crippen molar-refractivity contribution in [2.75, 3.05) is 24.5 Å². The van der Waals surface area contributed by atoms with Gasteiger partial charge in [0.1, 0.15) is 19.0 Å². The number of aryl methyl sites for hydroxylation is 1. The minimum atomic E-state index is -3.75. The van der Waals surface area contributed by atoms with Crippen LogP contribution in [0.5, 0.6) is 17.2 Å². The maximum absolute atomic E-state index is 12.7. The van der Waals surface area contributed by atoms with E-state index in [1.165, 1.54) is 12.1 Å². The van der Waals surface area contributed by atoms with Gasteiger partial charge in [-0.25, -0.2) is 8.42 Å². The van der Waals surface area contributed by atoms with E-state index in [0.717, 1.165) is 18.4 Å². The van der Waals surface area contributed by atoms with E-state index in [-0.39, 0.29) is 4.90 Å². The molecule has 0 aromatic heterocycles. The number of sulfonamides is 1. The Kier molecular flexibility index (Phi) is 3.72. The third-order valence-corrected chi connectivity index (χ3v) is 5.36. The van der Waals surface area contributed by atoms with E-state index in [1.807, 2.05) is 12.1 Å². The Morgan fingerprint density at radius 3 is 2.62 bits per heavy atom. The summed E-state index contributed by atoms with van der Waals surface area (Å²) < 4.78 is 44.6. The largest absolute Gasteiger partial charge is 0.491 e. The van der Waals surface area contributed by atoms with Gasteiger partial charge in [-0.3, -0.25) is 4.72 Å².